The molecule has 180 valence electrons. The van der Waals surface area contributed by atoms with E-state index in [1.54, 1.807) is 31.0 Å². The van der Waals surface area contributed by atoms with Crippen molar-refractivity contribution < 1.29 is 28.6 Å². The van der Waals surface area contributed by atoms with Crippen molar-refractivity contribution in [3.8, 4) is 0 Å². The van der Waals surface area contributed by atoms with Gasteiger partial charge in [0.2, 0.25) is 0 Å². The molecule has 0 amide bonds. The summed E-state index contributed by atoms with van der Waals surface area (Å²) in [5.41, 5.74) is 2.01. The number of nitrogens with one attached hydrogen (secondary N) is 1. The van der Waals surface area contributed by atoms with Crippen molar-refractivity contribution in [3.63, 3.8) is 0 Å². The van der Waals surface area contributed by atoms with Gasteiger partial charge in [0.1, 0.15) is 17.9 Å². The number of aliphatic carboxylic acids is 1. The molecule has 2 N–H and O–H groups in total. The second kappa shape index (κ2) is 10.4. The lowest BCUT2D eigenvalue weighted by molar-refractivity contribution is -0.149. The number of aryl methyl sites for hydroxylation is 1. The highest BCUT2D eigenvalue weighted by molar-refractivity contribution is 7.11. The van der Waals surface area contributed by atoms with Gasteiger partial charge in [-0.15, -0.1) is 11.3 Å². The smallest absolute Gasteiger partial charge is 0.338 e. The Morgan fingerprint density at radius 1 is 1.41 bits per heavy atom. The van der Waals surface area contributed by atoms with Crippen molar-refractivity contribution in [1.82, 2.24) is 15.2 Å². The van der Waals surface area contributed by atoms with Gasteiger partial charge in [-0.3, -0.25) is 14.7 Å². The normalized spacial score (nSPS) is 21.1. The van der Waals surface area contributed by atoms with Crippen LogP contribution in [-0.4, -0.2) is 71.7 Å². The molecule has 2 aliphatic rings. The molecule has 2 aliphatic heterocycles. The lowest BCUT2D eigenvalue weighted by atomic mass is 9.92. The fourth-order valence-electron chi connectivity index (χ4n) is 4.05. The summed E-state index contributed by atoms with van der Waals surface area (Å²) in [4.78, 5) is 35.9. The molecule has 9 nitrogen and oxygen atoms in total. The third-order valence-corrected chi connectivity index (χ3v) is 6.45. The average molecular weight is 489 g/mol. The number of benzene rings is 1. The lowest BCUT2D eigenvalue weighted by Gasteiger charge is -2.35. The van der Waals surface area contributed by atoms with E-state index < -0.39 is 24.0 Å². The van der Waals surface area contributed by atoms with Gasteiger partial charge in [0, 0.05) is 30.4 Å². The van der Waals surface area contributed by atoms with Gasteiger partial charge < -0.3 is 19.9 Å². The fraction of sp³-hybridized carbons (Fsp3) is 0.391. The first kappa shape index (κ1) is 24.0. The second-order valence-electron chi connectivity index (χ2n) is 7.86. The van der Waals surface area contributed by atoms with E-state index in [9.17, 15) is 19.1 Å². The summed E-state index contributed by atoms with van der Waals surface area (Å²) >= 11 is 1.38. The Balaban J connectivity index is 1.83. The highest BCUT2D eigenvalue weighted by Gasteiger charge is 2.37. The first-order chi connectivity index (χ1) is 16.4. The van der Waals surface area contributed by atoms with E-state index in [0.29, 0.717) is 40.8 Å². The van der Waals surface area contributed by atoms with Crippen molar-refractivity contribution in [1.29, 1.82) is 0 Å². The minimum Gasteiger partial charge on any atom is -0.480 e. The quantitative estimate of drug-likeness (QED) is 0.571. The number of nitrogens with zero attached hydrogens (tertiary/aromatic N) is 3. The topological polar surface area (TPSA) is 113 Å². The minimum absolute atomic E-state index is 0.0469. The number of aromatic nitrogens is 1. The molecule has 0 aliphatic carbocycles. The minimum atomic E-state index is -1.01. The van der Waals surface area contributed by atoms with Crippen molar-refractivity contribution >= 4 is 29.1 Å². The second-order valence-corrected chi connectivity index (χ2v) is 8.75. The zero-order valence-electron chi connectivity index (χ0n) is 18.8. The maximum atomic E-state index is 13.9. The van der Waals surface area contributed by atoms with Crippen molar-refractivity contribution in [3.05, 3.63) is 63.0 Å². The first-order valence-electron chi connectivity index (χ1n) is 10.8. The molecule has 4 rings (SSSR count). The summed E-state index contributed by atoms with van der Waals surface area (Å²) in [7, 11) is 0. The number of carboxylic acid groups (broad SMARTS) is 1. The molecule has 1 saturated heterocycles. The van der Waals surface area contributed by atoms with Crippen LogP contribution in [0.3, 0.4) is 0 Å². The van der Waals surface area contributed by atoms with Crippen LogP contribution in [0.15, 0.2) is 46.0 Å². The highest BCUT2D eigenvalue weighted by Crippen LogP contribution is 2.35. The fourth-order valence-corrected chi connectivity index (χ4v) is 4.64. The van der Waals surface area contributed by atoms with Gasteiger partial charge in [-0.1, -0.05) is 6.07 Å². The van der Waals surface area contributed by atoms with Crippen LogP contribution < -0.4 is 5.32 Å². The van der Waals surface area contributed by atoms with Crippen LogP contribution >= 0.6 is 11.3 Å². The van der Waals surface area contributed by atoms with Gasteiger partial charge in [-0.2, -0.15) is 0 Å². The number of aliphatic imine (C=N–C) groups is 1. The number of rotatable bonds is 7. The number of thiazole rings is 1. The monoisotopic (exact) mass is 488 g/mol. The van der Waals surface area contributed by atoms with Crippen LogP contribution in [0.5, 0.6) is 0 Å². The van der Waals surface area contributed by atoms with Gasteiger partial charge >= 0.3 is 11.9 Å². The number of ether oxygens (including phenoxy) is 2. The molecular formula is C23H25FN4O5S. The molecule has 1 aromatic carbocycles. The van der Waals surface area contributed by atoms with Gasteiger partial charge in [-0.05, 0) is 37.1 Å². The molecular weight excluding hydrogens is 463 g/mol. The van der Waals surface area contributed by atoms with Gasteiger partial charge in [-0.25, -0.2) is 14.2 Å². The van der Waals surface area contributed by atoms with E-state index in [-0.39, 0.29) is 31.1 Å². The Morgan fingerprint density at radius 2 is 2.24 bits per heavy atom. The zero-order valence-corrected chi connectivity index (χ0v) is 19.6. The third kappa shape index (κ3) is 5.01. The average Bonchev–Trinajstić information content (AvgIpc) is 3.34. The Morgan fingerprint density at radius 3 is 2.91 bits per heavy atom. The summed E-state index contributed by atoms with van der Waals surface area (Å²) in [6.07, 6.45) is 1.65. The number of esters is 1. The SMILES string of the molecule is CCOC(=O)C1=C(CN2CCOC[C@H]2C(=O)O)NC(c2nccs2)=N[C@H]1c1ccc(F)cc1C. The van der Waals surface area contributed by atoms with Gasteiger partial charge in [0.25, 0.3) is 0 Å². The van der Waals surface area contributed by atoms with E-state index in [1.165, 1.54) is 23.5 Å². The molecule has 2 aromatic rings. The molecule has 1 fully saturated rings. The number of hydrogen-bond acceptors (Lipinski definition) is 9. The van der Waals surface area contributed by atoms with Crippen molar-refractivity contribution in [2.75, 3.05) is 32.9 Å². The van der Waals surface area contributed by atoms with Crippen LogP contribution in [0.2, 0.25) is 0 Å². The Kier molecular flexibility index (Phi) is 7.35. The predicted octanol–water partition coefficient (Wildman–Crippen LogP) is 2.28. The van der Waals surface area contributed by atoms with Crippen LogP contribution in [0.4, 0.5) is 4.39 Å². The van der Waals surface area contributed by atoms with E-state index in [4.69, 9.17) is 14.5 Å². The van der Waals surface area contributed by atoms with E-state index in [2.05, 4.69) is 10.3 Å². The maximum Gasteiger partial charge on any atom is 0.338 e. The first-order valence-corrected chi connectivity index (χ1v) is 11.7. The molecule has 0 unspecified atom stereocenters. The molecule has 2 atom stereocenters. The van der Waals surface area contributed by atoms with Gasteiger partial charge in [0.05, 0.1) is 25.4 Å². The number of carbonyl (C=O) groups is 2. The van der Waals surface area contributed by atoms with Crippen molar-refractivity contribution in [2.24, 2.45) is 4.99 Å². The molecule has 34 heavy (non-hydrogen) atoms. The summed E-state index contributed by atoms with van der Waals surface area (Å²) in [5, 5.41) is 15.3. The van der Waals surface area contributed by atoms with Crippen molar-refractivity contribution in [2.45, 2.75) is 25.9 Å². The Bertz CT molecular complexity index is 1130. The number of morpholine rings is 1. The molecule has 0 saturated carbocycles. The number of carboxylic acids is 1. The van der Waals surface area contributed by atoms with Crippen LogP contribution in [0.1, 0.15) is 29.1 Å². The van der Waals surface area contributed by atoms with E-state index in [1.807, 2.05) is 5.38 Å². The number of halogens is 1. The van der Waals surface area contributed by atoms with E-state index in [0.717, 1.165) is 0 Å². The molecule has 1 aromatic heterocycles. The van der Waals surface area contributed by atoms with Crippen LogP contribution in [-0.2, 0) is 19.1 Å². The Labute approximate surface area is 199 Å². The summed E-state index contributed by atoms with van der Waals surface area (Å²) in [6, 6.07) is 2.68. The van der Waals surface area contributed by atoms with Crippen LogP contribution in [0, 0.1) is 12.7 Å². The van der Waals surface area contributed by atoms with E-state index >= 15 is 0 Å². The molecule has 0 radical (unpaired) electrons. The number of carbonyl (C=O) groups excluding carboxylic acids is 1. The predicted molar refractivity (Wildman–Crippen MR) is 123 cm³/mol. The zero-order chi connectivity index (χ0) is 24.2. The molecule has 11 heteroatoms. The highest BCUT2D eigenvalue weighted by atomic mass is 32.1. The lowest BCUT2D eigenvalue weighted by Crippen LogP contribution is -2.52. The number of amidine groups is 1. The largest absolute Gasteiger partial charge is 0.480 e. The summed E-state index contributed by atoms with van der Waals surface area (Å²) in [5.74, 6) is -1.51. The summed E-state index contributed by atoms with van der Waals surface area (Å²) in [6.45, 7) is 4.55. The Hall–Kier alpha value is -3.15. The number of hydrogen-bond donors (Lipinski definition) is 2. The third-order valence-electron chi connectivity index (χ3n) is 5.67. The van der Waals surface area contributed by atoms with Crippen LogP contribution in [0.25, 0.3) is 0 Å². The molecule has 3 heterocycles. The molecule has 0 bridgehead atoms. The van der Waals surface area contributed by atoms with Gasteiger partial charge in [0.15, 0.2) is 10.8 Å². The maximum absolute atomic E-state index is 13.9. The molecule has 0 spiro atoms. The standard InChI is InChI=1S/C23H25FN4O5S/c1-3-33-23(31)18-16(11-28-7-8-32-12-17(28)22(29)30)26-20(21-25-6-9-34-21)27-19(18)15-5-4-14(24)10-13(15)2/h4-6,9-10,17,19H,3,7-8,11-12H2,1-2H3,(H,26,27)(H,29,30)/t17-,19-/m0/s1. The summed E-state index contributed by atoms with van der Waals surface area (Å²) < 4.78 is 24.6.